The summed E-state index contributed by atoms with van der Waals surface area (Å²) >= 11 is 2.32. The van der Waals surface area contributed by atoms with Crippen molar-refractivity contribution in [3.8, 4) is 0 Å². The van der Waals surface area contributed by atoms with Crippen molar-refractivity contribution in [1.82, 2.24) is 0 Å². The molecule has 11 heteroatoms. The molecule has 0 N–H and O–H groups in total. The normalized spacial score (nSPS) is 21.1. The molecule has 9 nitrogen and oxygen atoms in total. The molecule has 2 aliphatic heterocycles. The van der Waals surface area contributed by atoms with Crippen LogP contribution >= 0.6 is 22.7 Å². The molecule has 2 aromatic heterocycles. The predicted molar refractivity (Wildman–Crippen MR) is 133 cm³/mol. The van der Waals surface area contributed by atoms with Crippen molar-refractivity contribution in [2.75, 3.05) is 23.7 Å². The van der Waals surface area contributed by atoms with Gasteiger partial charge < -0.3 is 9.47 Å². The number of hydroxylamine groups is 1. The van der Waals surface area contributed by atoms with E-state index < -0.39 is 41.8 Å². The van der Waals surface area contributed by atoms with Crippen molar-refractivity contribution in [3.05, 3.63) is 68.7 Å². The fourth-order valence-electron chi connectivity index (χ4n) is 4.55. The molecule has 2 aliphatic rings. The van der Waals surface area contributed by atoms with E-state index in [1.54, 1.807) is 18.9 Å². The number of benzene rings is 1. The summed E-state index contributed by atoms with van der Waals surface area (Å²) in [5.41, 5.74) is 0.990. The van der Waals surface area contributed by atoms with Crippen LogP contribution in [0, 0.1) is 12.8 Å². The number of hydrogen-bond acceptors (Lipinski definition) is 10. The first-order valence-corrected chi connectivity index (χ1v) is 12.9. The van der Waals surface area contributed by atoms with E-state index in [4.69, 9.17) is 14.3 Å². The summed E-state index contributed by atoms with van der Waals surface area (Å²) < 4.78 is 10.0. The maximum Gasteiger partial charge on any atom is 0.348 e. The molecule has 0 spiro atoms. The Morgan fingerprint density at radius 3 is 2.44 bits per heavy atom. The summed E-state index contributed by atoms with van der Waals surface area (Å²) in [7, 11) is 1.20. The van der Waals surface area contributed by atoms with Gasteiger partial charge in [0.2, 0.25) is 5.91 Å². The highest BCUT2D eigenvalue weighted by Crippen LogP contribution is 2.50. The fraction of sp³-hybridized carbons (Fsp3) is 0.280. The minimum Gasteiger partial charge on any atom is -0.465 e. The molecule has 0 unspecified atom stereocenters. The number of ether oxygens (including phenoxy) is 2. The molecule has 2 saturated heterocycles. The number of amides is 2. The minimum absolute atomic E-state index is 0.0141. The van der Waals surface area contributed by atoms with Gasteiger partial charge in [-0.2, -0.15) is 0 Å². The van der Waals surface area contributed by atoms with Crippen LogP contribution in [0.15, 0.2) is 47.8 Å². The van der Waals surface area contributed by atoms with Gasteiger partial charge in [-0.25, -0.2) is 19.6 Å². The van der Waals surface area contributed by atoms with Crippen LogP contribution in [0.1, 0.15) is 43.4 Å². The highest BCUT2D eigenvalue weighted by molar-refractivity contribution is 7.19. The number of thiophene rings is 2. The number of nitrogens with zero attached hydrogens (tertiary/aromatic N) is 2. The van der Waals surface area contributed by atoms with Crippen LogP contribution < -0.4 is 9.96 Å². The number of esters is 2. The second-order valence-corrected chi connectivity index (χ2v) is 10.1. The molecular weight excluding hydrogens is 504 g/mol. The van der Waals surface area contributed by atoms with E-state index >= 15 is 0 Å². The molecule has 3 atom stereocenters. The Balaban J connectivity index is 1.59. The maximum absolute atomic E-state index is 13.9. The van der Waals surface area contributed by atoms with Crippen molar-refractivity contribution in [3.63, 3.8) is 0 Å². The molecule has 0 saturated carbocycles. The van der Waals surface area contributed by atoms with Crippen molar-refractivity contribution < 1.29 is 33.5 Å². The van der Waals surface area contributed by atoms with E-state index in [0.29, 0.717) is 11.3 Å². The minimum atomic E-state index is -1.09. The van der Waals surface area contributed by atoms with Gasteiger partial charge in [0, 0.05) is 4.88 Å². The Kier molecular flexibility index (Phi) is 6.37. The lowest BCUT2D eigenvalue weighted by atomic mass is 9.95. The topological polar surface area (TPSA) is 102 Å². The number of rotatable bonds is 6. The van der Waals surface area contributed by atoms with Crippen LogP contribution in [-0.2, 0) is 23.9 Å². The molecule has 4 heterocycles. The van der Waals surface area contributed by atoms with E-state index in [-0.39, 0.29) is 22.0 Å². The quantitative estimate of drug-likeness (QED) is 0.349. The third-order valence-electron chi connectivity index (χ3n) is 6.14. The van der Waals surface area contributed by atoms with Gasteiger partial charge in [0.25, 0.3) is 5.91 Å². The first kappa shape index (κ1) is 24.2. The van der Waals surface area contributed by atoms with Crippen molar-refractivity contribution in [1.29, 1.82) is 0 Å². The average molecular weight is 527 g/mol. The van der Waals surface area contributed by atoms with Crippen molar-refractivity contribution in [2.24, 2.45) is 5.92 Å². The summed E-state index contributed by atoms with van der Waals surface area (Å²) in [6, 6.07) is 12.5. The largest absolute Gasteiger partial charge is 0.465 e. The Morgan fingerprint density at radius 2 is 1.81 bits per heavy atom. The summed E-state index contributed by atoms with van der Waals surface area (Å²) in [4.78, 5) is 60.9. The van der Waals surface area contributed by atoms with Gasteiger partial charge in [0.1, 0.15) is 21.8 Å². The molecule has 0 radical (unpaired) electrons. The SMILES string of the molecule is CCOC(=O)c1sc(N2C(=O)[C@H]3[C@H](ON(c4ccccc4)[C@@H]3c3cccs3)C2=O)c(C(=O)OC)c1C. The standard InChI is InChI=1S/C25H22N2O7S2/c1-4-33-25(31)20-13(2)16(24(30)32-3)23(36-20)26-21(28)17-18(15-11-8-12-35-15)27(34-19(17)22(26)29)14-9-6-5-7-10-14/h5-12,17-19H,4H2,1-3H3/t17-,18-,19+/m1/s1. The van der Waals surface area contributed by atoms with Gasteiger partial charge in [-0.15, -0.1) is 22.7 Å². The van der Waals surface area contributed by atoms with E-state index in [0.717, 1.165) is 21.1 Å². The third-order valence-corrected chi connectivity index (χ3v) is 8.34. The van der Waals surface area contributed by atoms with E-state index in [2.05, 4.69) is 0 Å². The Labute approximate surface area is 214 Å². The van der Waals surface area contributed by atoms with Crippen molar-refractivity contribution >= 4 is 57.1 Å². The van der Waals surface area contributed by atoms with E-state index in [1.807, 2.05) is 47.8 Å². The zero-order valence-electron chi connectivity index (χ0n) is 19.6. The Hall–Kier alpha value is -3.54. The number of methoxy groups -OCH3 is 1. The molecular formula is C25H22N2O7S2. The van der Waals surface area contributed by atoms with Gasteiger partial charge >= 0.3 is 11.9 Å². The van der Waals surface area contributed by atoms with Gasteiger partial charge in [-0.05, 0) is 43.0 Å². The number of para-hydroxylation sites is 1. The van der Waals surface area contributed by atoms with E-state index in [1.165, 1.54) is 18.4 Å². The number of carbonyl (C=O) groups excluding carboxylic acids is 4. The fourth-order valence-corrected chi connectivity index (χ4v) is 6.60. The maximum atomic E-state index is 13.9. The lowest BCUT2D eigenvalue weighted by Gasteiger charge is -2.27. The second kappa shape index (κ2) is 9.49. The van der Waals surface area contributed by atoms with Gasteiger partial charge in [-0.3, -0.25) is 14.4 Å². The summed E-state index contributed by atoms with van der Waals surface area (Å²) in [5, 5.41) is 3.54. The molecule has 36 heavy (non-hydrogen) atoms. The highest BCUT2D eigenvalue weighted by Gasteiger charge is 2.61. The number of anilines is 2. The molecule has 1 aromatic carbocycles. The Bertz CT molecular complexity index is 1340. The lowest BCUT2D eigenvalue weighted by molar-refractivity contribution is -0.126. The average Bonchev–Trinajstić information content (AvgIpc) is 3.64. The van der Waals surface area contributed by atoms with E-state index in [9.17, 15) is 19.2 Å². The first-order valence-electron chi connectivity index (χ1n) is 11.2. The number of hydrogen-bond donors (Lipinski definition) is 0. The molecule has 0 aliphatic carbocycles. The predicted octanol–water partition coefficient (Wildman–Crippen LogP) is 4.13. The summed E-state index contributed by atoms with van der Waals surface area (Å²) in [6.07, 6.45) is -1.09. The van der Waals surface area contributed by atoms with Gasteiger partial charge in [0.15, 0.2) is 6.10 Å². The summed E-state index contributed by atoms with van der Waals surface area (Å²) in [6.45, 7) is 3.36. The number of carbonyl (C=O) groups is 4. The molecule has 0 bridgehead atoms. The molecule has 2 fully saturated rings. The zero-order valence-corrected chi connectivity index (χ0v) is 21.3. The first-order chi connectivity index (χ1) is 17.4. The van der Waals surface area contributed by atoms with Crippen molar-refractivity contribution in [2.45, 2.75) is 26.0 Å². The van der Waals surface area contributed by atoms with Crippen LogP contribution in [0.2, 0.25) is 0 Å². The number of fused-ring (bicyclic) bond motifs is 1. The third kappa shape index (κ3) is 3.71. The highest BCUT2D eigenvalue weighted by atomic mass is 32.1. The molecule has 3 aromatic rings. The monoisotopic (exact) mass is 526 g/mol. The van der Waals surface area contributed by atoms with Crippen LogP contribution in [0.25, 0.3) is 0 Å². The van der Waals surface area contributed by atoms with Gasteiger partial charge in [-0.1, -0.05) is 24.3 Å². The Morgan fingerprint density at radius 1 is 1.06 bits per heavy atom. The molecule has 5 rings (SSSR count). The lowest BCUT2D eigenvalue weighted by Crippen LogP contribution is -2.37. The van der Waals surface area contributed by atoms with Crippen LogP contribution in [0.5, 0.6) is 0 Å². The number of imide groups is 1. The molecule has 2 amide bonds. The van der Waals surface area contributed by atoms with Crippen LogP contribution in [0.3, 0.4) is 0 Å². The van der Waals surface area contributed by atoms with Crippen LogP contribution in [0.4, 0.5) is 10.7 Å². The zero-order chi connectivity index (χ0) is 25.6. The van der Waals surface area contributed by atoms with Gasteiger partial charge in [0.05, 0.1) is 25.0 Å². The smallest absolute Gasteiger partial charge is 0.348 e. The molecule has 186 valence electrons. The van der Waals surface area contributed by atoms with Crippen LogP contribution in [-0.4, -0.2) is 43.6 Å². The second-order valence-electron chi connectivity index (χ2n) is 8.13. The summed E-state index contributed by atoms with van der Waals surface area (Å²) in [5.74, 6) is -3.36.